The number of amides is 1. The molecule has 0 bridgehead atoms. The molecule has 17 heavy (non-hydrogen) atoms. The summed E-state index contributed by atoms with van der Waals surface area (Å²) in [5.41, 5.74) is -0.288. The molecular weight excluding hydrogens is 216 g/mol. The highest BCUT2D eigenvalue weighted by atomic mass is 16.5. The van der Waals surface area contributed by atoms with Gasteiger partial charge in [-0.1, -0.05) is 12.8 Å². The van der Waals surface area contributed by atoms with Crippen LogP contribution in [-0.2, 0) is 9.53 Å². The van der Waals surface area contributed by atoms with Crippen LogP contribution in [0.15, 0.2) is 0 Å². The lowest BCUT2D eigenvalue weighted by Gasteiger charge is -2.35. The second-order valence-corrected chi connectivity index (χ2v) is 5.45. The highest BCUT2D eigenvalue weighted by Gasteiger charge is 2.39. The molecule has 0 spiro atoms. The molecule has 0 aromatic heterocycles. The first kappa shape index (κ1) is 12.8. The Hall–Kier alpha value is -0.610. The highest BCUT2D eigenvalue weighted by Crippen LogP contribution is 2.32. The predicted octanol–water partition coefficient (Wildman–Crippen LogP) is 0.919. The van der Waals surface area contributed by atoms with Crippen LogP contribution in [0.25, 0.3) is 0 Å². The Morgan fingerprint density at radius 3 is 2.71 bits per heavy atom. The maximum Gasteiger partial charge on any atom is 0.228 e. The van der Waals surface area contributed by atoms with Crippen molar-refractivity contribution in [3.63, 3.8) is 0 Å². The molecule has 2 aliphatic rings. The molecule has 0 aromatic rings. The van der Waals surface area contributed by atoms with Gasteiger partial charge in [-0.15, -0.1) is 0 Å². The predicted molar refractivity (Wildman–Crippen MR) is 66.8 cm³/mol. The summed E-state index contributed by atoms with van der Waals surface area (Å²) < 4.78 is 5.26. The van der Waals surface area contributed by atoms with Gasteiger partial charge < -0.3 is 15.4 Å². The normalized spacial score (nSPS) is 23.4. The summed E-state index contributed by atoms with van der Waals surface area (Å²) in [7, 11) is 1.68. The van der Waals surface area contributed by atoms with Crippen molar-refractivity contribution < 1.29 is 9.53 Å². The SMILES string of the molecule is COCC1(C(=O)NCCC2CC2)CCNCC1. The standard InChI is InChI=1S/C13H24N2O2/c1-17-10-13(5-8-14-9-6-13)12(16)15-7-4-11-2-3-11/h11,14H,2-10H2,1H3,(H,15,16). The summed E-state index contributed by atoms with van der Waals surface area (Å²) in [5.74, 6) is 1.07. The van der Waals surface area contributed by atoms with Crippen molar-refractivity contribution in [3.05, 3.63) is 0 Å². The third kappa shape index (κ3) is 3.42. The van der Waals surface area contributed by atoms with Crippen molar-refractivity contribution in [2.24, 2.45) is 11.3 Å². The Morgan fingerprint density at radius 1 is 1.41 bits per heavy atom. The zero-order chi connectivity index (χ0) is 12.1. The molecule has 2 N–H and O–H groups in total. The lowest BCUT2D eigenvalue weighted by molar-refractivity contribution is -0.136. The molecule has 1 heterocycles. The molecule has 98 valence electrons. The first-order valence-electron chi connectivity index (χ1n) is 6.75. The van der Waals surface area contributed by atoms with Gasteiger partial charge in [-0.25, -0.2) is 0 Å². The lowest BCUT2D eigenvalue weighted by Crippen LogP contribution is -2.50. The number of rotatable bonds is 6. The first-order chi connectivity index (χ1) is 8.27. The number of nitrogens with one attached hydrogen (secondary N) is 2. The third-order valence-electron chi connectivity index (χ3n) is 4.00. The van der Waals surface area contributed by atoms with Crippen LogP contribution < -0.4 is 10.6 Å². The summed E-state index contributed by atoms with van der Waals surface area (Å²) in [6.07, 6.45) is 5.62. The Morgan fingerprint density at radius 2 is 2.12 bits per heavy atom. The van der Waals surface area contributed by atoms with Crippen molar-refractivity contribution >= 4 is 5.91 Å². The molecule has 1 aliphatic heterocycles. The van der Waals surface area contributed by atoms with Crippen LogP contribution in [0.2, 0.25) is 0 Å². The van der Waals surface area contributed by atoms with E-state index in [0.717, 1.165) is 44.8 Å². The van der Waals surface area contributed by atoms with Gasteiger partial charge in [-0.05, 0) is 38.3 Å². The minimum atomic E-state index is -0.288. The van der Waals surface area contributed by atoms with E-state index in [1.54, 1.807) is 7.11 Å². The van der Waals surface area contributed by atoms with Crippen molar-refractivity contribution in [1.29, 1.82) is 0 Å². The van der Waals surface area contributed by atoms with Crippen molar-refractivity contribution in [1.82, 2.24) is 10.6 Å². The number of carbonyl (C=O) groups excluding carboxylic acids is 1. The van der Waals surface area contributed by atoms with E-state index < -0.39 is 0 Å². The fraction of sp³-hybridized carbons (Fsp3) is 0.923. The second kappa shape index (κ2) is 5.83. The molecule has 1 aliphatic carbocycles. The molecule has 0 radical (unpaired) electrons. The Labute approximate surface area is 103 Å². The van der Waals surface area contributed by atoms with Gasteiger partial charge in [0.25, 0.3) is 0 Å². The molecule has 4 heteroatoms. The number of methoxy groups -OCH3 is 1. The molecule has 2 rings (SSSR count). The van der Waals surface area contributed by atoms with Gasteiger partial charge in [0, 0.05) is 13.7 Å². The van der Waals surface area contributed by atoms with Gasteiger partial charge >= 0.3 is 0 Å². The van der Waals surface area contributed by atoms with Crippen LogP contribution in [0, 0.1) is 11.3 Å². The van der Waals surface area contributed by atoms with Crippen molar-refractivity contribution in [3.8, 4) is 0 Å². The summed E-state index contributed by atoms with van der Waals surface area (Å²) in [6, 6.07) is 0. The van der Waals surface area contributed by atoms with Gasteiger partial charge in [-0.2, -0.15) is 0 Å². The fourth-order valence-electron chi connectivity index (χ4n) is 2.60. The second-order valence-electron chi connectivity index (χ2n) is 5.45. The highest BCUT2D eigenvalue weighted by molar-refractivity contribution is 5.82. The quantitative estimate of drug-likeness (QED) is 0.726. The van der Waals surface area contributed by atoms with Crippen LogP contribution in [0.1, 0.15) is 32.1 Å². The fourth-order valence-corrected chi connectivity index (χ4v) is 2.60. The minimum Gasteiger partial charge on any atom is -0.384 e. The molecule has 1 amide bonds. The molecule has 0 unspecified atom stereocenters. The minimum absolute atomic E-state index is 0.196. The monoisotopic (exact) mass is 240 g/mol. The molecule has 2 fully saturated rings. The third-order valence-corrected chi connectivity index (χ3v) is 4.00. The van der Waals surface area contributed by atoms with Gasteiger partial charge in [0.15, 0.2) is 0 Å². The number of carbonyl (C=O) groups is 1. The average Bonchev–Trinajstić information content (AvgIpc) is 3.14. The molecular formula is C13H24N2O2. The van der Waals surface area contributed by atoms with Gasteiger partial charge in [0.05, 0.1) is 12.0 Å². The van der Waals surface area contributed by atoms with E-state index in [1.165, 1.54) is 12.8 Å². The molecule has 1 saturated carbocycles. The smallest absolute Gasteiger partial charge is 0.228 e. The number of hydrogen-bond acceptors (Lipinski definition) is 3. The van der Waals surface area contributed by atoms with E-state index in [9.17, 15) is 4.79 Å². The van der Waals surface area contributed by atoms with E-state index in [1.807, 2.05) is 0 Å². The maximum atomic E-state index is 12.3. The van der Waals surface area contributed by atoms with Crippen LogP contribution in [0.5, 0.6) is 0 Å². The van der Waals surface area contributed by atoms with Crippen LogP contribution >= 0.6 is 0 Å². The van der Waals surface area contributed by atoms with E-state index in [0.29, 0.717) is 6.61 Å². The van der Waals surface area contributed by atoms with E-state index >= 15 is 0 Å². The number of ether oxygens (including phenoxy) is 1. The van der Waals surface area contributed by atoms with Crippen LogP contribution in [-0.4, -0.2) is 39.3 Å². The van der Waals surface area contributed by atoms with Gasteiger partial charge in [-0.3, -0.25) is 4.79 Å². The van der Waals surface area contributed by atoms with Crippen molar-refractivity contribution in [2.45, 2.75) is 32.1 Å². The Bertz CT molecular complexity index is 253. The molecule has 4 nitrogen and oxygen atoms in total. The topological polar surface area (TPSA) is 50.4 Å². The van der Waals surface area contributed by atoms with Crippen LogP contribution in [0.4, 0.5) is 0 Å². The summed E-state index contributed by atoms with van der Waals surface area (Å²) in [5, 5.41) is 6.40. The summed E-state index contributed by atoms with van der Waals surface area (Å²) in [6.45, 7) is 3.21. The average molecular weight is 240 g/mol. The zero-order valence-corrected chi connectivity index (χ0v) is 10.8. The summed E-state index contributed by atoms with van der Waals surface area (Å²) in [4.78, 5) is 12.3. The molecule has 1 saturated heterocycles. The molecule has 0 aromatic carbocycles. The first-order valence-corrected chi connectivity index (χ1v) is 6.75. The Balaban J connectivity index is 1.82. The number of piperidine rings is 1. The molecule has 0 atom stereocenters. The van der Waals surface area contributed by atoms with E-state index in [2.05, 4.69) is 10.6 Å². The van der Waals surface area contributed by atoms with Crippen LogP contribution in [0.3, 0.4) is 0 Å². The maximum absolute atomic E-state index is 12.3. The van der Waals surface area contributed by atoms with Gasteiger partial charge in [0.2, 0.25) is 5.91 Å². The van der Waals surface area contributed by atoms with Crippen molar-refractivity contribution in [2.75, 3.05) is 33.4 Å². The largest absolute Gasteiger partial charge is 0.384 e. The van der Waals surface area contributed by atoms with E-state index in [-0.39, 0.29) is 11.3 Å². The zero-order valence-electron chi connectivity index (χ0n) is 10.8. The van der Waals surface area contributed by atoms with E-state index in [4.69, 9.17) is 4.74 Å². The summed E-state index contributed by atoms with van der Waals surface area (Å²) >= 11 is 0. The number of hydrogen-bond donors (Lipinski definition) is 2. The van der Waals surface area contributed by atoms with Gasteiger partial charge in [0.1, 0.15) is 0 Å². The lowest BCUT2D eigenvalue weighted by atomic mass is 9.78. The Kier molecular flexibility index (Phi) is 4.40.